The molecule has 2 heteroatoms. The maximum Gasteiger partial charge on any atom is 0.0576 e. The Hall–Kier alpha value is -0.0800. The highest BCUT2D eigenvalue weighted by molar-refractivity contribution is 4.74. The number of ether oxygens (including phenoxy) is 1. The fraction of sp³-hybridized carbons (Fsp3) is 1.00. The lowest BCUT2D eigenvalue weighted by molar-refractivity contribution is 0.0881. The van der Waals surface area contributed by atoms with Gasteiger partial charge in [0, 0.05) is 13.2 Å². The molecule has 1 aliphatic heterocycles. The molecule has 0 aromatic rings. The van der Waals surface area contributed by atoms with E-state index in [1.165, 1.54) is 25.7 Å². The fourth-order valence-electron chi connectivity index (χ4n) is 2.26. The van der Waals surface area contributed by atoms with Crippen LogP contribution in [-0.4, -0.2) is 24.4 Å². The lowest BCUT2D eigenvalue weighted by Crippen LogP contribution is -2.24. The summed E-state index contributed by atoms with van der Waals surface area (Å²) >= 11 is 0. The summed E-state index contributed by atoms with van der Waals surface area (Å²) in [5.41, 5.74) is 0.227. The first-order valence-corrected chi connectivity index (χ1v) is 6.26. The van der Waals surface area contributed by atoms with E-state index in [9.17, 15) is 5.11 Å². The van der Waals surface area contributed by atoms with Gasteiger partial charge in [-0.2, -0.15) is 0 Å². The molecular weight excluding hydrogens is 188 g/mol. The van der Waals surface area contributed by atoms with Crippen molar-refractivity contribution in [1.82, 2.24) is 0 Å². The Morgan fingerprint density at radius 1 is 1.40 bits per heavy atom. The maximum absolute atomic E-state index is 9.32. The molecule has 2 unspecified atom stereocenters. The molecule has 2 nitrogen and oxygen atoms in total. The highest BCUT2D eigenvalue weighted by atomic mass is 16.5. The maximum atomic E-state index is 9.32. The van der Waals surface area contributed by atoms with Gasteiger partial charge in [0.15, 0.2) is 0 Å². The molecule has 1 saturated heterocycles. The van der Waals surface area contributed by atoms with Gasteiger partial charge in [0.25, 0.3) is 0 Å². The average Bonchev–Trinajstić information content (AvgIpc) is 2.62. The molecule has 15 heavy (non-hydrogen) atoms. The van der Waals surface area contributed by atoms with E-state index in [1.807, 2.05) is 0 Å². The molecule has 0 radical (unpaired) electrons. The predicted molar refractivity (Wildman–Crippen MR) is 62.9 cm³/mol. The smallest absolute Gasteiger partial charge is 0.0576 e. The number of rotatable bonds is 5. The molecule has 0 aliphatic carbocycles. The normalized spacial score (nSPS) is 24.4. The molecule has 2 atom stereocenters. The Balaban J connectivity index is 2.16. The summed E-state index contributed by atoms with van der Waals surface area (Å²) in [4.78, 5) is 0. The number of hydrogen-bond acceptors (Lipinski definition) is 2. The van der Waals surface area contributed by atoms with Gasteiger partial charge in [-0.15, -0.1) is 0 Å². The molecule has 1 rings (SSSR count). The van der Waals surface area contributed by atoms with Crippen LogP contribution in [-0.2, 0) is 4.74 Å². The van der Waals surface area contributed by atoms with E-state index in [0.29, 0.717) is 18.6 Å². The average molecular weight is 214 g/mol. The fourth-order valence-corrected chi connectivity index (χ4v) is 2.26. The van der Waals surface area contributed by atoms with Gasteiger partial charge in [-0.1, -0.05) is 27.2 Å². The summed E-state index contributed by atoms with van der Waals surface area (Å²) in [5, 5.41) is 9.32. The molecular formula is C13H26O2. The summed E-state index contributed by atoms with van der Waals surface area (Å²) in [6.45, 7) is 7.89. The van der Waals surface area contributed by atoms with Crippen LogP contribution in [0.1, 0.15) is 52.9 Å². The van der Waals surface area contributed by atoms with Crippen molar-refractivity contribution in [1.29, 1.82) is 0 Å². The SMILES string of the molecule is CC(C)(C)C(CO)CCCC1CCCO1. The van der Waals surface area contributed by atoms with Crippen LogP contribution in [0.25, 0.3) is 0 Å². The first-order chi connectivity index (χ1) is 7.04. The highest BCUT2D eigenvalue weighted by Gasteiger charge is 2.24. The van der Waals surface area contributed by atoms with Gasteiger partial charge in [0.05, 0.1) is 6.10 Å². The quantitative estimate of drug-likeness (QED) is 0.762. The zero-order valence-electron chi connectivity index (χ0n) is 10.5. The molecule has 0 amide bonds. The second kappa shape index (κ2) is 5.86. The van der Waals surface area contributed by atoms with Crippen LogP contribution in [0.4, 0.5) is 0 Å². The summed E-state index contributed by atoms with van der Waals surface area (Å²) in [5.74, 6) is 0.430. The van der Waals surface area contributed by atoms with E-state index in [1.54, 1.807) is 0 Å². The lowest BCUT2D eigenvalue weighted by atomic mass is 9.78. The van der Waals surface area contributed by atoms with Crippen molar-refractivity contribution in [2.45, 2.75) is 59.0 Å². The van der Waals surface area contributed by atoms with E-state index >= 15 is 0 Å². The van der Waals surface area contributed by atoms with Gasteiger partial charge in [0.2, 0.25) is 0 Å². The van der Waals surface area contributed by atoms with Crippen molar-refractivity contribution in [2.24, 2.45) is 11.3 Å². The van der Waals surface area contributed by atoms with Crippen LogP contribution in [0.2, 0.25) is 0 Å². The Labute approximate surface area is 94.0 Å². The van der Waals surface area contributed by atoms with E-state index in [0.717, 1.165) is 13.0 Å². The Morgan fingerprint density at radius 2 is 2.13 bits per heavy atom. The number of hydrogen-bond donors (Lipinski definition) is 1. The second-order valence-electron chi connectivity index (χ2n) is 5.81. The van der Waals surface area contributed by atoms with Gasteiger partial charge in [-0.3, -0.25) is 0 Å². The van der Waals surface area contributed by atoms with Crippen LogP contribution in [0, 0.1) is 11.3 Å². The van der Waals surface area contributed by atoms with Crippen molar-refractivity contribution >= 4 is 0 Å². The minimum atomic E-state index is 0.227. The molecule has 0 spiro atoms. The van der Waals surface area contributed by atoms with E-state index < -0.39 is 0 Å². The summed E-state index contributed by atoms with van der Waals surface area (Å²) in [6, 6.07) is 0. The summed E-state index contributed by atoms with van der Waals surface area (Å²) in [6.07, 6.45) is 6.45. The van der Waals surface area contributed by atoms with Crippen molar-refractivity contribution in [3.8, 4) is 0 Å². The van der Waals surface area contributed by atoms with E-state index in [-0.39, 0.29) is 5.41 Å². The number of aliphatic hydroxyl groups excluding tert-OH is 1. The minimum absolute atomic E-state index is 0.227. The van der Waals surface area contributed by atoms with Gasteiger partial charge in [-0.05, 0) is 37.0 Å². The van der Waals surface area contributed by atoms with Gasteiger partial charge < -0.3 is 9.84 Å². The molecule has 0 aromatic carbocycles. The Kier molecular flexibility index (Phi) is 5.07. The third-order valence-electron chi connectivity index (χ3n) is 3.55. The molecule has 90 valence electrons. The topological polar surface area (TPSA) is 29.5 Å². The van der Waals surface area contributed by atoms with Crippen LogP contribution in [0.5, 0.6) is 0 Å². The molecule has 1 N–H and O–H groups in total. The largest absolute Gasteiger partial charge is 0.396 e. The monoisotopic (exact) mass is 214 g/mol. The molecule has 1 heterocycles. The first-order valence-electron chi connectivity index (χ1n) is 6.26. The first kappa shape index (κ1) is 13.0. The van der Waals surface area contributed by atoms with E-state index in [4.69, 9.17) is 4.74 Å². The molecule has 1 fully saturated rings. The van der Waals surface area contributed by atoms with Crippen LogP contribution >= 0.6 is 0 Å². The molecule has 0 bridgehead atoms. The summed E-state index contributed by atoms with van der Waals surface area (Å²) < 4.78 is 5.59. The molecule has 0 saturated carbocycles. The zero-order chi connectivity index (χ0) is 11.3. The van der Waals surface area contributed by atoms with Crippen LogP contribution in [0.15, 0.2) is 0 Å². The van der Waals surface area contributed by atoms with Crippen LogP contribution in [0.3, 0.4) is 0 Å². The Morgan fingerprint density at radius 3 is 2.60 bits per heavy atom. The van der Waals surface area contributed by atoms with E-state index in [2.05, 4.69) is 20.8 Å². The van der Waals surface area contributed by atoms with Gasteiger partial charge in [0.1, 0.15) is 0 Å². The summed E-state index contributed by atoms with van der Waals surface area (Å²) in [7, 11) is 0. The van der Waals surface area contributed by atoms with Crippen molar-refractivity contribution in [3.05, 3.63) is 0 Å². The Bertz CT molecular complexity index is 166. The predicted octanol–water partition coefficient (Wildman–Crippen LogP) is 2.99. The van der Waals surface area contributed by atoms with Gasteiger partial charge in [-0.25, -0.2) is 0 Å². The second-order valence-corrected chi connectivity index (χ2v) is 5.81. The van der Waals surface area contributed by atoms with Crippen molar-refractivity contribution in [3.63, 3.8) is 0 Å². The lowest BCUT2D eigenvalue weighted by Gasteiger charge is -2.29. The minimum Gasteiger partial charge on any atom is -0.396 e. The number of aliphatic hydroxyl groups is 1. The molecule has 1 aliphatic rings. The van der Waals surface area contributed by atoms with Crippen molar-refractivity contribution < 1.29 is 9.84 Å². The van der Waals surface area contributed by atoms with Crippen LogP contribution < -0.4 is 0 Å². The molecule has 0 aromatic heterocycles. The third kappa shape index (κ3) is 4.52. The van der Waals surface area contributed by atoms with Gasteiger partial charge >= 0.3 is 0 Å². The van der Waals surface area contributed by atoms with Crippen molar-refractivity contribution in [2.75, 3.05) is 13.2 Å². The third-order valence-corrected chi connectivity index (χ3v) is 3.55. The zero-order valence-corrected chi connectivity index (χ0v) is 10.5. The highest BCUT2D eigenvalue weighted by Crippen LogP contribution is 2.30. The standard InChI is InChI=1S/C13H26O2/c1-13(2,3)11(10-14)6-4-7-12-8-5-9-15-12/h11-12,14H,4-10H2,1-3H3.